The SMILES string of the molecule is O=[N+]([O-])c1cnccc1NCC1COCc2ccccc21. The molecule has 6 heteroatoms. The molecule has 1 aliphatic rings. The first kappa shape index (κ1) is 13.5. The van der Waals surface area contributed by atoms with Crippen LogP contribution in [0.5, 0.6) is 0 Å². The molecule has 1 aromatic carbocycles. The minimum Gasteiger partial charge on any atom is -0.379 e. The van der Waals surface area contributed by atoms with Gasteiger partial charge in [-0.15, -0.1) is 0 Å². The van der Waals surface area contributed by atoms with Gasteiger partial charge in [-0.2, -0.15) is 0 Å². The van der Waals surface area contributed by atoms with Crippen molar-refractivity contribution in [2.75, 3.05) is 18.5 Å². The second kappa shape index (κ2) is 5.88. The predicted molar refractivity (Wildman–Crippen MR) is 78.2 cm³/mol. The maximum Gasteiger partial charge on any atom is 0.310 e. The number of rotatable bonds is 4. The zero-order valence-corrected chi connectivity index (χ0v) is 11.4. The van der Waals surface area contributed by atoms with Gasteiger partial charge in [-0.25, -0.2) is 0 Å². The Balaban J connectivity index is 1.76. The highest BCUT2D eigenvalue weighted by molar-refractivity contribution is 5.59. The summed E-state index contributed by atoms with van der Waals surface area (Å²) in [6.07, 6.45) is 2.80. The van der Waals surface area contributed by atoms with Crippen molar-refractivity contribution in [2.45, 2.75) is 12.5 Å². The van der Waals surface area contributed by atoms with E-state index >= 15 is 0 Å². The molecule has 1 aromatic heterocycles. The minimum absolute atomic E-state index is 0.0116. The summed E-state index contributed by atoms with van der Waals surface area (Å²) in [5, 5.41) is 14.1. The Morgan fingerprint density at radius 1 is 1.38 bits per heavy atom. The molecule has 21 heavy (non-hydrogen) atoms. The summed E-state index contributed by atoms with van der Waals surface area (Å²) in [7, 11) is 0. The van der Waals surface area contributed by atoms with Crippen molar-refractivity contribution in [2.24, 2.45) is 0 Å². The van der Waals surface area contributed by atoms with E-state index < -0.39 is 4.92 Å². The van der Waals surface area contributed by atoms with E-state index in [1.54, 1.807) is 12.3 Å². The van der Waals surface area contributed by atoms with Crippen LogP contribution in [0.3, 0.4) is 0 Å². The van der Waals surface area contributed by atoms with Crippen LogP contribution in [-0.2, 0) is 11.3 Å². The second-order valence-electron chi connectivity index (χ2n) is 4.94. The first-order valence-corrected chi connectivity index (χ1v) is 6.73. The Morgan fingerprint density at radius 2 is 2.24 bits per heavy atom. The summed E-state index contributed by atoms with van der Waals surface area (Å²) in [6.45, 7) is 1.83. The Morgan fingerprint density at radius 3 is 3.10 bits per heavy atom. The molecular weight excluding hydrogens is 270 g/mol. The molecule has 3 rings (SSSR count). The summed E-state index contributed by atoms with van der Waals surface area (Å²) < 4.78 is 5.59. The van der Waals surface area contributed by atoms with Gasteiger partial charge in [-0.05, 0) is 17.2 Å². The predicted octanol–water partition coefficient (Wildman–Crippen LogP) is 2.72. The molecule has 0 amide bonds. The summed E-state index contributed by atoms with van der Waals surface area (Å²) in [4.78, 5) is 14.3. The molecule has 1 atom stereocenters. The molecule has 0 saturated heterocycles. The fourth-order valence-electron chi connectivity index (χ4n) is 2.55. The Hall–Kier alpha value is -2.47. The van der Waals surface area contributed by atoms with Gasteiger partial charge in [0, 0.05) is 18.7 Å². The Bertz CT molecular complexity index is 660. The molecule has 1 N–H and O–H groups in total. The van der Waals surface area contributed by atoms with Crippen LogP contribution in [0.2, 0.25) is 0 Å². The summed E-state index contributed by atoms with van der Waals surface area (Å²) in [6, 6.07) is 9.76. The van der Waals surface area contributed by atoms with Crippen LogP contribution < -0.4 is 5.32 Å². The Kier molecular flexibility index (Phi) is 3.79. The molecule has 2 heterocycles. The van der Waals surface area contributed by atoms with Gasteiger partial charge in [-0.1, -0.05) is 24.3 Å². The van der Waals surface area contributed by atoms with Gasteiger partial charge in [0.25, 0.3) is 0 Å². The maximum atomic E-state index is 11.0. The normalized spacial score (nSPS) is 17.0. The third-order valence-electron chi connectivity index (χ3n) is 3.61. The van der Waals surface area contributed by atoms with Gasteiger partial charge >= 0.3 is 5.69 Å². The lowest BCUT2D eigenvalue weighted by Crippen LogP contribution is -2.23. The highest BCUT2D eigenvalue weighted by Gasteiger charge is 2.21. The number of pyridine rings is 1. The van der Waals surface area contributed by atoms with Gasteiger partial charge in [0.15, 0.2) is 0 Å². The number of ether oxygens (including phenoxy) is 1. The fourth-order valence-corrected chi connectivity index (χ4v) is 2.55. The van der Waals surface area contributed by atoms with E-state index in [0.717, 1.165) is 0 Å². The van der Waals surface area contributed by atoms with Crippen LogP contribution >= 0.6 is 0 Å². The van der Waals surface area contributed by atoms with Gasteiger partial charge in [-0.3, -0.25) is 15.1 Å². The molecule has 1 aliphatic heterocycles. The van der Waals surface area contributed by atoms with Crippen LogP contribution in [-0.4, -0.2) is 23.1 Å². The summed E-state index contributed by atoms with van der Waals surface area (Å²) in [5.74, 6) is 0.183. The van der Waals surface area contributed by atoms with Crippen LogP contribution in [0, 0.1) is 10.1 Å². The standard InChI is InChI=1S/C15H15N3O3/c19-18(20)15-8-16-6-5-14(15)17-7-12-10-21-9-11-3-1-2-4-13(11)12/h1-6,8,12H,7,9-10H2,(H,16,17). The van der Waals surface area contributed by atoms with E-state index in [0.29, 0.717) is 25.4 Å². The molecular formula is C15H15N3O3. The maximum absolute atomic E-state index is 11.0. The number of anilines is 1. The molecule has 108 valence electrons. The van der Waals surface area contributed by atoms with E-state index in [9.17, 15) is 10.1 Å². The van der Waals surface area contributed by atoms with Crippen molar-refractivity contribution in [3.63, 3.8) is 0 Å². The van der Waals surface area contributed by atoms with Crippen LogP contribution in [0.1, 0.15) is 17.0 Å². The van der Waals surface area contributed by atoms with Gasteiger partial charge in [0.05, 0.1) is 18.1 Å². The summed E-state index contributed by atoms with van der Waals surface area (Å²) in [5.41, 5.74) is 2.90. The van der Waals surface area contributed by atoms with E-state index in [-0.39, 0.29) is 11.6 Å². The van der Waals surface area contributed by atoms with E-state index in [1.165, 1.54) is 17.3 Å². The van der Waals surface area contributed by atoms with E-state index in [4.69, 9.17) is 4.74 Å². The second-order valence-corrected chi connectivity index (χ2v) is 4.94. The largest absolute Gasteiger partial charge is 0.379 e. The minimum atomic E-state index is -0.430. The zero-order chi connectivity index (χ0) is 14.7. The number of aromatic nitrogens is 1. The third kappa shape index (κ3) is 2.85. The topological polar surface area (TPSA) is 77.3 Å². The number of nitrogens with zero attached hydrogens (tertiary/aromatic N) is 2. The molecule has 0 spiro atoms. The zero-order valence-electron chi connectivity index (χ0n) is 11.4. The number of nitro groups is 1. The quantitative estimate of drug-likeness (QED) is 0.690. The number of hydrogen-bond donors (Lipinski definition) is 1. The van der Waals surface area contributed by atoms with Crippen molar-refractivity contribution in [1.82, 2.24) is 4.98 Å². The van der Waals surface area contributed by atoms with Crippen molar-refractivity contribution < 1.29 is 9.66 Å². The lowest BCUT2D eigenvalue weighted by Gasteiger charge is -2.26. The third-order valence-corrected chi connectivity index (χ3v) is 3.61. The molecule has 0 bridgehead atoms. The molecule has 6 nitrogen and oxygen atoms in total. The number of fused-ring (bicyclic) bond motifs is 1. The van der Waals surface area contributed by atoms with E-state index in [2.05, 4.69) is 22.4 Å². The molecule has 0 radical (unpaired) electrons. The average molecular weight is 285 g/mol. The van der Waals surface area contributed by atoms with Crippen molar-refractivity contribution in [1.29, 1.82) is 0 Å². The van der Waals surface area contributed by atoms with Crippen molar-refractivity contribution >= 4 is 11.4 Å². The van der Waals surface area contributed by atoms with Crippen LogP contribution in [0.4, 0.5) is 11.4 Å². The lowest BCUT2D eigenvalue weighted by atomic mass is 9.93. The first-order valence-electron chi connectivity index (χ1n) is 6.73. The van der Waals surface area contributed by atoms with Crippen molar-refractivity contribution in [3.8, 4) is 0 Å². The van der Waals surface area contributed by atoms with E-state index in [1.807, 2.05) is 12.1 Å². The van der Waals surface area contributed by atoms with Gasteiger partial charge < -0.3 is 10.1 Å². The smallest absolute Gasteiger partial charge is 0.310 e. The highest BCUT2D eigenvalue weighted by atomic mass is 16.6. The molecule has 2 aromatic rings. The molecule has 0 aliphatic carbocycles. The fraction of sp³-hybridized carbons (Fsp3) is 0.267. The molecule has 1 unspecified atom stereocenters. The number of hydrogen-bond acceptors (Lipinski definition) is 5. The van der Waals surface area contributed by atoms with Crippen LogP contribution in [0.15, 0.2) is 42.7 Å². The summed E-state index contributed by atoms with van der Waals surface area (Å²) >= 11 is 0. The molecule has 0 fully saturated rings. The number of benzene rings is 1. The molecule has 0 saturated carbocycles. The van der Waals surface area contributed by atoms with Gasteiger partial charge in [0.2, 0.25) is 0 Å². The lowest BCUT2D eigenvalue weighted by molar-refractivity contribution is -0.384. The van der Waals surface area contributed by atoms with Crippen molar-refractivity contribution in [3.05, 3.63) is 64.0 Å². The monoisotopic (exact) mass is 285 g/mol. The van der Waals surface area contributed by atoms with Crippen LogP contribution in [0.25, 0.3) is 0 Å². The average Bonchev–Trinajstić information content (AvgIpc) is 2.53. The first-order chi connectivity index (χ1) is 10.3. The Labute approximate surface area is 121 Å². The number of nitrogens with one attached hydrogen (secondary N) is 1. The van der Waals surface area contributed by atoms with Gasteiger partial charge in [0.1, 0.15) is 11.9 Å². The highest BCUT2D eigenvalue weighted by Crippen LogP contribution is 2.28.